The number of nitrogens with zero attached hydrogens (tertiary/aromatic N) is 3. The van der Waals surface area contributed by atoms with E-state index in [9.17, 15) is 4.79 Å². The van der Waals surface area contributed by atoms with Crippen molar-refractivity contribution in [2.24, 2.45) is 12.8 Å². The Morgan fingerprint density at radius 3 is 2.93 bits per heavy atom. The molecular weight excluding hydrogens is 184 g/mol. The molecule has 1 aromatic heterocycles. The number of carbonyl (C=O) groups excluding carboxylic acids is 1. The van der Waals surface area contributed by atoms with Gasteiger partial charge < -0.3 is 10.5 Å². The molecule has 0 aliphatic heterocycles. The van der Waals surface area contributed by atoms with Crippen LogP contribution in [0.2, 0.25) is 0 Å². The second-order valence-electron chi connectivity index (χ2n) is 3.03. The number of ether oxygens (including phenoxy) is 1. The summed E-state index contributed by atoms with van der Waals surface area (Å²) in [4.78, 5) is 11.0. The lowest BCUT2D eigenvalue weighted by atomic mass is 10.0. The molecule has 0 spiro atoms. The number of nitrogens with two attached hydrogens (primary N) is 1. The topological polar surface area (TPSA) is 83.0 Å². The standard InChI is InChI=1S/C8H14N4O2/c1-12-5-7(10-11-12)6(4-9)3-8(13)14-2/h5-6H,3-4,9H2,1-2H3. The highest BCUT2D eigenvalue weighted by Crippen LogP contribution is 2.15. The van der Waals surface area contributed by atoms with Gasteiger partial charge in [-0.15, -0.1) is 5.10 Å². The molecule has 1 unspecified atom stereocenters. The van der Waals surface area contributed by atoms with Crippen LogP contribution in [0.1, 0.15) is 18.0 Å². The van der Waals surface area contributed by atoms with E-state index in [1.165, 1.54) is 7.11 Å². The molecule has 0 radical (unpaired) electrons. The molecule has 78 valence electrons. The number of methoxy groups -OCH3 is 1. The first-order valence-corrected chi connectivity index (χ1v) is 4.30. The molecule has 1 atom stereocenters. The summed E-state index contributed by atoms with van der Waals surface area (Å²) in [6.07, 6.45) is 1.99. The highest BCUT2D eigenvalue weighted by molar-refractivity contribution is 5.70. The molecule has 2 N–H and O–H groups in total. The van der Waals surface area contributed by atoms with Gasteiger partial charge in [0.05, 0.1) is 19.2 Å². The summed E-state index contributed by atoms with van der Waals surface area (Å²) < 4.78 is 6.14. The van der Waals surface area contributed by atoms with Gasteiger partial charge in [-0.3, -0.25) is 9.48 Å². The Kier molecular flexibility index (Phi) is 3.58. The van der Waals surface area contributed by atoms with E-state index < -0.39 is 0 Å². The zero-order chi connectivity index (χ0) is 10.6. The van der Waals surface area contributed by atoms with Crippen molar-refractivity contribution >= 4 is 5.97 Å². The Balaban J connectivity index is 2.67. The fourth-order valence-corrected chi connectivity index (χ4v) is 1.15. The number of rotatable bonds is 4. The number of hydrogen-bond donors (Lipinski definition) is 1. The predicted octanol–water partition coefficient (Wildman–Crippen LogP) is -0.579. The van der Waals surface area contributed by atoms with E-state index in [2.05, 4.69) is 15.0 Å². The third kappa shape index (κ3) is 2.53. The van der Waals surface area contributed by atoms with Crippen LogP contribution in [-0.2, 0) is 16.6 Å². The van der Waals surface area contributed by atoms with Crippen molar-refractivity contribution in [3.05, 3.63) is 11.9 Å². The van der Waals surface area contributed by atoms with Gasteiger partial charge in [0.25, 0.3) is 0 Å². The monoisotopic (exact) mass is 198 g/mol. The minimum absolute atomic E-state index is 0.115. The molecule has 0 amide bonds. The van der Waals surface area contributed by atoms with Crippen molar-refractivity contribution in [2.45, 2.75) is 12.3 Å². The summed E-state index contributed by atoms with van der Waals surface area (Å²) in [5.41, 5.74) is 6.25. The maximum Gasteiger partial charge on any atom is 0.306 e. The molecule has 6 heteroatoms. The average molecular weight is 198 g/mol. The van der Waals surface area contributed by atoms with Crippen LogP contribution in [0, 0.1) is 0 Å². The summed E-state index contributed by atoms with van der Waals surface area (Å²) in [6, 6.07) is 0. The molecule has 0 aliphatic rings. The molecule has 14 heavy (non-hydrogen) atoms. The van der Waals surface area contributed by atoms with E-state index in [0.29, 0.717) is 6.54 Å². The van der Waals surface area contributed by atoms with Crippen LogP contribution in [0.5, 0.6) is 0 Å². The van der Waals surface area contributed by atoms with Crippen LogP contribution in [0.4, 0.5) is 0 Å². The second-order valence-corrected chi connectivity index (χ2v) is 3.03. The van der Waals surface area contributed by atoms with Crippen LogP contribution in [0.15, 0.2) is 6.20 Å². The number of esters is 1. The maximum absolute atomic E-state index is 11.0. The third-order valence-electron chi connectivity index (χ3n) is 1.96. The first kappa shape index (κ1) is 10.6. The summed E-state index contributed by atoms with van der Waals surface area (Å²) in [5.74, 6) is -0.401. The number of hydrogen-bond acceptors (Lipinski definition) is 5. The van der Waals surface area contributed by atoms with Gasteiger partial charge in [-0.2, -0.15) is 0 Å². The smallest absolute Gasteiger partial charge is 0.306 e. The van der Waals surface area contributed by atoms with E-state index in [-0.39, 0.29) is 18.3 Å². The van der Waals surface area contributed by atoms with Gasteiger partial charge in [0.2, 0.25) is 0 Å². The van der Waals surface area contributed by atoms with Crippen LogP contribution in [0.3, 0.4) is 0 Å². The molecule has 0 aromatic carbocycles. The Labute approximate surface area is 82.0 Å². The number of carbonyl (C=O) groups is 1. The first-order chi connectivity index (χ1) is 6.67. The summed E-state index contributed by atoms with van der Waals surface area (Å²) in [6.45, 7) is 0.355. The van der Waals surface area contributed by atoms with Gasteiger partial charge in [0.1, 0.15) is 0 Å². The molecule has 6 nitrogen and oxygen atoms in total. The number of aromatic nitrogens is 3. The van der Waals surface area contributed by atoms with E-state index in [0.717, 1.165) is 5.69 Å². The predicted molar refractivity (Wildman–Crippen MR) is 49.4 cm³/mol. The maximum atomic E-state index is 11.0. The summed E-state index contributed by atoms with van der Waals surface area (Å²) >= 11 is 0. The van der Waals surface area contributed by atoms with Gasteiger partial charge in [0.15, 0.2) is 0 Å². The van der Waals surface area contributed by atoms with Gasteiger partial charge in [-0.05, 0) is 0 Å². The van der Waals surface area contributed by atoms with Crippen molar-refractivity contribution in [3.8, 4) is 0 Å². The summed E-state index contributed by atoms with van der Waals surface area (Å²) in [5, 5.41) is 7.68. The number of aryl methyl sites for hydroxylation is 1. The Bertz CT molecular complexity index is 310. The first-order valence-electron chi connectivity index (χ1n) is 4.30. The van der Waals surface area contributed by atoms with E-state index in [1.54, 1.807) is 17.9 Å². The zero-order valence-electron chi connectivity index (χ0n) is 8.30. The highest BCUT2D eigenvalue weighted by Gasteiger charge is 2.17. The van der Waals surface area contributed by atoms with Crippen molar-refractivity contribution in [2.75, 3.05) is 13.7 Å². The Morgan fingerprint density at radius 1 is 1.79 bits per heavy atom. The molecular formula is C8H14N4O2. The highest BCUT2D eigenvalue weighted by atomic mass is 16.5. The fraction of sp³-hybridized carbons (Fsp3) is 0.625. The molecule has 0 fully saturated rings. The Morgan fingerprint density at radius 2 is 2.50 bits per heavy atom. The largest absolute Gasteiger partial charge is 0.469 e. The van der Waals surface area contributed by atoms with Crippen LogP contribution in [0.25, 0.3) is 0 Å². The third-order valence-corrected chi connectivity index (χ3v) is 1.96. The Hall–Kier alpha value is -1.43. The molecule has 1 heterocycles. The van der Waals surface area contributed by atoms with Crippen molar-refractivity contribution in [1.29, 1.82) is 0 Å². The van der Waals surface area contributed by atoms with Crippen LogP contribution in [-0.4, -0.2) is 34.6 Å². The van der Waals surface area contributed by atoms with Gasteiger partial charge in [-0.1, -0.05) is 5.21 Å². The molecule has 1 rings (SSSR count). The van der Waals surface area contributed by atoms with Crippen molar-refractivity contribution in [3.63, 3.8) is 0 Å². The minimum Gasteiger partial charge on any atom is -0.469 e. The lowest BCUT2D eigenvalue weighted by Crippen LogP contribution is -2.17. The van der Waals surface area contributed by atoms with Gasteiger partial charge >= 0.3 is 5.97 Å². The normalized spacial score (nSPS) is 12.5. The minimum atomic E-state index is -0.286. The van der Waals surface area contributed by atoms with Crippen LogP contribution >= 0.6 is 0 Å². The quantitative estimate of drug-likeness (QED) is 0.654. The molecule has 1 aromatic rings. The van der Waals surface area contributed by atoms with E-state index in [4.69, 9.17) is 5.73 Å². The second kappa shape index (κ2) is 4.71. The zero-order valence-corrected chi connectivity index (χ0v) is 8.30. The molecule has 0 saturated heterocycles. The molecule has 0 aliphatic carbocycles. The van der Waals surface area contributed by atoms with Crippen LogP contribution < -0.4 is 5.73 Å². The molecule has 0 bridgehead atoms. The molecule has 0 saturated carbocycles. The van der Waals surface area contributed by atoms with Crippen molar-refractivity contribution < 1.29 is 9.53 Å². The van der Waals surface area contributed by atoms with Gasteiger partial charge in [-0.25, -0.2) is 0 Å². The van der Waals surface area contributed by atoms with Gasteiger partial charge in [0, 0.05) is 25.7 Å². The van der Waals surface area contributed by atoms with E-state index in [1.807, 2.05) is 0 Å². The fourth-order valence-electron chi connectivity index (χ4n) is 1.15. The lowest BCUT2D eigenvalue weighted by molar-refractivity contribution is -0.141. The van der Waals surface area contributed by atoms with E-state index >= 15 is 0 Å². The lowest BCUT2D eigenvalue weighted by Gasteiger charge is -2.08. The average Bonchev–Trinajstić information content (AvgIpc) is 2.60. The van der Waals surface area contributed by atoms with Crippen molar-refractivity contribution in [1.82, 2.24) is 15.0 Å². The summed E-state index contributed by atoms with van der Waals surface area (Å²) in [7, 11) is 3.12. The SMILES string of the molecule is COC(=O)CC(CN)c1cn(C)nn1.